The number of nitrogens with zero attached hydrogens (tertiary/aromatic N) is 2. The number of carbonyl (C=O) groups is 1. The van der Waals surface area contributed by atoms with Crippen molar-refractivity contribution in [3.63, 3.8) is 0 Å². The minimum atomic E-state index is -0.0998. The predicted octanol–water partition coefficient (Wildman–Crippen LogP) is 6.34. The average molecular weight is 461 g/mol. The van der Waals surface area contributed by atoms with Crippen molar-refractivity contribution >= 4 is 17.6 Å². The molecule has 0 saturated heterocycles. The molecule has 7 heteroatoms. The minimum Gasteiger partial charge on any atom is -0.469 e. The number of fused-ring (bicyclic) bond motifs is 1. The number of halogens is 1. The second-order valence-corrected chi connectivity index (χ2v) is 10.3. The molecule has 0 aromatic carbocycles. The summed E-state index contributed by atoms with van der Waals surface area (Å²) in [7, 11) is 1.49. The molecule has 2 fully saturated rings. The monoisotopic (exact) mass is 460 g/mol. The van der Waals surface area contributed by atoms with E-state index in [1.54, 1.807) is 6.26 Å². The third-order valence-corrected chi connectivity index (χ3v) is 8.38. The Bertz CT molecular complexity index is 982. The molecular formula is C25H33ClN2O4. The lowest BCUT2D eigenvalue weighted by atomic mass is 9.46. The highest BCUT2D eigenvalue weighted by atomic mass is 35.5. The number of aryl methyl sites for hydroxylation is 1. The lowest BCUT2D eigenvalue weighted by molar-refractivity contribution is -0.148. The van der Waals surface area contributed by atoms with Crippen molar-refractivity contribution in [3.8, 4) is 11.6 Å². The van der Waals surface area contributed by atoms with Crippen LogP contribution in [0.15, 0.2) is 33.4 Å². The van der Waals surface area contributed by atoms with Gasteiger partial charge in [-0.1, -0.05) is 37.6 Å². The summed E-state index contributed by atoms with van der Waals surface area (Å²) in [6, 6.07) is 1.99. The van der Waals surface area contributed by atoms with E-state index in [4.69, 9.17) is 25.3 Å². The second kappa shape index (κ2) is 9.05. The molecule has 174 valence electrons. The lowest BCUT2D eigenvalue weighted by Crippen LogP contribution is -2.51. The minimum absolute atomic E-state index is 0.0254. The molecule has 2 heterocycles. The number of hydrogen-bond donors (Lipinski definition) is 0. The number of aromatic nitrogens is 2. The Morgan fingerprint density at radius 1 is 1.38 bits per heavy atom. The zero-order chi connectivity index (χ0) is 22.9. The third kappa shape index (κ3) is 4.14. The molecule has 0 spiro atoms. The molecule has 2 saturated carbocycles. The van der Waals surface area contributed by atoms with E-state index < -0.39 is 0 Å². The number of allylic oxidation sites excluding steroid dienone is 1. The standard InChI is InChI=1S/C25H33ClN2O4/c1-16-6-9-19-24(2,14-21(29)30-4)11-5-12-25(19,3)18(16)8-7-17-10-13-31-22(17)23-27-20(15-26)32-28-23/h10,13,18-19H,1,5-9,11-12,14-15H2,2-4H3/t18-,19-,24+,25+/m0/s1. The van der Waals surface area contributed by atoms with Crippen molar-refractivity contribution in [1.82, 2.24) is 10.1 Å². The van der Waals surface area contributed by atoms with Crippen LogP contribution in [0.25, 0.3) is 11.6 Å². The third-order valence-electron chi connectivity index (χ3n) is 8.15. The Morgan fingerprint density at radius 3 is 2.91 bits per heavy atom. The number of carbonyl (C=O) groups excluding carboxylic acids is 1. The van der Waals surface area contributed by atoms with Crippen LogP contribution >= 0.6 is 11.6 Å². The zero-order valence-electron chi connectivity index (χ0n) is 19.3. The highest BCUT2D eigenvalue weighted by Gasteiger charge is 2.54. The van der Waals surface area contributed by atoms with Gasteiger partial charge in [-0.2, -0.15) is 4.98 Å². The summed E-state index contributed by atoms with van der Waals surface area (Å²) in [6.45, 7) is 9.19. The van der Waals surface area contributed by atoms with Gasteiger partial charge in [0.2, 0.25) is 11.7 Å². The molecule has 4 rings (SSSR count). The van der Waals surface area contributed by atoms with Gasteiger partial charge in [-0.05, 0) is 67.3 Å². The zero-order valence-corrected chi connectivity index (χ0v) is 20.0. The molecule has 2 aromatic heterocycles. The molecule has 0 amide bonds. The van der Waals surface area contributed by atoms with Gasteiger partial charge in [-0.15, -0.1) is 11.6 Å². The number of hydrogen-bond acceptors (Lipinski definition) is 6. The van der Waals surface area contributed by atoms with Crippen molar-refractivity contribution < 1.29 is 18.5 Å². The van der Waals surface area contributed by atoms with E-state index in [2.05, 4.69) is 30.6 Å². The van der Waals surface area contributed by atoms with Gasteiger partial charge in [0.1, 0.15) is 5.88 Å². The van der Waals surface area contributed by atoms with E-state index in [1.807, 2.05) is 6.07 Å². The number of ether oxygens (including phenoxy) is 1. The fourth-order valence-corrected chi connectivity index (χ4v) is 6.77. The van der Waals surface area contributed by atoms with Crippen molar-refractivity contribution in [2.24, 2.45) is 22.7 Å². The molecular weight excluding hydrogens is 428 g/mol. The molecule has 0 bridgehead atoms. The fourth-order valence-electron chi connectivity index (χ4n) is 6.66. The van der Waals surface area contributed by atoms with E-state index in [-0.39, 0.29) is 22.7 Å². The number of rotatable bonds is 7. The Kier molecular flexibility index (Phi) is 6.53. The summed E-state index contributed by atoms with van der Waals surface area (Å²) in [6.07, 6.45) is 9.48. The SMILES string of the molecule is C=C1CC[C@H]2[C@@](C)(CC(=O)OC)CCC[C@]2(C)[C@H]1CCc1ccoc1-c1noc(CCl)n1. The van der Waals surface area contributed by atoms with E-state index in [0.717, 1.165) is 44.1 Å². The first-order chi connectivity index (χ1) is 15.3. The highest BCUT2D eigenvalue weighted by molar-refractivity contribution is 6.16. The second-order valence-electron chi connectivity index (χ2n) is 10.0. The molecule has 0 N–H and O–H groups in total. The summed E-state index contributed by atoms with van der Waals surface area (Å²) >= 11 is 5.80. The van der Waals surface area contributed by atoms with Crippen LogP contribution in [0.5, 0.6) is 0 Å². The number of furan rings is 1. The maximum atomic E-state index is 12.2. The smallest absolute Gasteiger partial charge is 0.306 e. The van der Waals surface area contributed by atoms with E-state index in [0.29, 0.717) is 35.7 Å². The lowest BCUT2D eigenvalue weighted by Gasteiger charge is -2.58. The van der Waals surface area contributed by atoms with Crippen LogP contribution < -0.4 is 0 Å². The Morgan fingerprint density at radius 2 is 2.19 bits per heavy atom. The number of esters is 1. The van der Waals surface area contributed by atoms with E-state index in [9.17, 15) is 4.79 Å². The normalized spacial score (nSPS) is 30.2. The average Bonchev–Trinajstić information content (AvgIpc) is 3.41. The summed E-state index contributed by atoms with van der Waals surface area (Å²) in [5.74, 6) is 2.41. The van der Waals surface area contributed by atoms with Crippen molar-refractivity contribution in [1.29, 1.82) is 0 Å². The molecule has 0 unspecified atom stereocenters. The van der Waals surface area contributed by atoms with Gasteiger partial charge in [0.15, 0.2) is 5.76 Å². The summed E-state index contributed by atoms with van der Waals surface area (Å²) in [5.41, 5.74) is 2.50. The predicted molar refractivity (Wildman–Crippen MR) is 122 cm³/mol. The molecule has 6 nitrogen and oxygen atoms in total. The van der Waals surface area contributed by atoms with Gasteiger partial charge in [0, 0.05) is 5.56 Å². The number of alkyl halides is 1. The first-order valence-electron chi connectivity index (χ1n) is 11.5. The molecule has 0 aliphatic heterocycles. The van der Waals surface area contributed by atoms with Crippen molar-refractivity contribution in [3.05, 3.63) is 35.9 Å². The van der Waals surface area contributed by atoms with Crippen LogP contribution in [-0.2, 0) is 21.8 Å². The highest BCUT2D eigenvalue weighted by Crippen LogP contribution is 2.62. The van der Waals surface area contributed by atoms with Gasteiger partial charge in [-0.25, -0.2) is 0 Å². The van der Waals surface area contributed by atoms with Crippen molar-refractivity contribution in [2.45, 2.75) is 71.1 Å². The van der Waals surface area contributed by atoms with Crippen LogP contribution in [0, 0.1) is 22.7 Å². The van der Waals surface area contributed by atoms with Gasteiger partial charge >= 0.3 is 5.97 Å². The topological polar surface area (TPSA) is 78.4 Å². The van der Waals surface area contributed by atoms with Gasteiger partial charge in [0.25, 0.3) is 0 Å². The summed E-state index contributed by atoms with van der Waals surface area (Å²) in [4.78, 5) is 16.5. The first kappa shape index (κ1) is 23.1. The van der Waals surface area contributed by atoms with Crippen LogP contribution in [0.3, 0.4) is 0 Å². The molecule has 0 radical (unpaired) electrons. The largest absolute Gasteiger partial charge is 0.469 e. The molecule has 32 heavy (non-hydrogen) atoms. The number of methoxy groups -OCH3 is 1. The Balaban J connectivity index is 1.54. The fraction of sp³-hybridized carbons (Fsp3) is 0.640. The Hall–Kier alpha value is -2.08. The molecule has 2 aliphatic rings. The van der Waals surface area contributed by atoms with Crippen LogP contribution in [0.4, 0.5) is 0 Å². The maximum Gasteiger partial charge on any atom is 0.306 e. The van der Waals surface area contributed by atoms with E-state index >= 15 is 0 Å². The van der Waals surface area contributed by atoms with Crippen molar-refractivity contribution in [2.75, 3.05) is 7.11 Å². The molecule has 2 aromatic rings. The molecule has 4 atom stereocenters. The first-order valence-corrected chi connectivity index (χ1v) is 12.0. The Labute approximate surface area is 194 Å². The van der Waals surface area contributed by atoms with Gasteiger partial charge < -0.3 is 13.7 Å². The quantitative estimate of drug-likeness (QED) is 0.272. The van der Waals surface area contributed by atoms with Crippen LogP contribution in [0.2, 0.25) is 0 Å². The van der Waals surface area contributed by atoms with E-state index in [1.165, 1.54) is 19.1 Å². The van der Waals surface area contributed by atoms with Gasteiger partial charge in [0.05, 0.1) is 19.8 Å². The maximum absolute atomic E-state index is 12.2. The van der Waals surface area contributed by atoms with Crippen LogP contribution in [-0.4, -0.2) is 23.2 Å². The summed E-state index contributed by atoms with van der Waals surface area (Å²) < 4.78 is 15.9. The molecule has 2 aliphatic carbocycles. The summed E-state index contributed by atoms with van der Waals surface area (Å²) in [5, 5.41) is 4.01. The van der Waals surface area contributed by atoms with Gasteiger partial charge in [-0.3, -0.25) is 4.79 Å². The van der Waals surface area contributed by atoms with Crippen LogP contribution in [0.1, 0.15) is 70.2 Å².